The molecule has 0 aromatic rings. The maximum atomic E-state index is 13.1. The molecular weight excluding hydrogens is 512 g/mol. The lowest BCUT2D eigenvalue weighted by atomic mass is 9.97. The van der Waals surface area contributed by atoms with Crippen molar-refractivity contribution in [3.05, 3.63) is 23.3 Å². The average molecular weight is 547 g/mol. The van der Waals surface area contributed by atoms with Crippen LogP contribution in [0, 0.1) is 0 Å². The fraction of sp³-hybridized carbons (Fsp3) is 0.727. The van der Waals surface area contributed by atoms with Gasteiger partial charge >= 0.3 is 22.5 Å². The van der Waals surface area contributed by atoms with E-state index in [2.05, 4.69) is 0 Å². The van der Waals surface area contributed by atoms with Gasteiger partial charge in [-0.1, -0.05) is 12.2 Å². The van der Waals surface area contributed by atoms with Crippen molar-refractivity contribution in [1.82, 2.24) is 19.9 Å². The molecule has 4 rings (SSSR count). The summed E-state index contributed by atoms with van der Waals surface area (Å²) in [6.07, 6.45) is 4.67. The first kappa shape index (κ1) is 27.8. The van der Waals surface area contributed by atoms with Gasteiger partial charge in [-0.2, -0.15) is 18.5 Å². The molecule has 208 valence electrons. The molecule has 0 radical (unpaired) electrons. The first-order valence-corrected chi connectivity index (χ1v) is 13.3. The van der Waals surface area contributed by atoms with Crippen molar-refractivity contribution in [2.45, 2.75) is 37.0 Å². The van der Waals surface area contributed by atoms with Crippen LogP contribution in [-0.4, -0.2) is 133 Å². The van der Waals surface area contributed by atoms with Gasteiger partial charge in [0.2, 0.25) is 0 Å². The van der Waals surface area contributed by atoms with Gasteiger partial charge in [-0.15, -0.1) is 8.57 Å². The van der Waals surface area contributed by atoms with Gasteiger partial charge in [0.15, 0.2) is 0 Å². The Balaban J connectivity index is 1.49. The molecule has 2 saturated heterocycles. The summed E-state index contributed by atoms with van der Waals surface area (Å²) >= 11 is 0. The minimum absolute atomic E-state index is 0.224. The molecule has 2 fully saturated rings. The molecule has 0 spiro atoms. The highest BCUT2D eigenvalue weighted by atomic mass is 32.3. The Hall–Kier alpha value is -2.27. The van der Waals surface area contributed by atoms with Crippen molar-refractivity contribution < 1.29 is 45.5 Å². The lowest BCUT2D eigenvalue weighted by molar-refractivity contribution is -0.0726. The molecule has 4 aliphatic heterocycles. The second-order valence-corrected chi connectivity index (χ2v) is 10.2. The molecule has 0 aromatic heterocycles. The van der Waals surface area contributed by atoms with Crippen LogP contribution in [0.1, 0.15) is 12.8 Å². The van der Waals surface area contributed by atoms with Crippen molar-refractivity contribution in [3.8, 4) is 0 Å². The summed E-state index contributed by atoms with van der Waals surface area (Å²) in [6, 6.07) is -3.34. The lowest BCUT2D eigenvalue weighted by Gasteiger charge is -2.31. The smallest absolute Gasteiger partial charge is 0.384 e. The number of ether oxygens (including phenoxy) is 4. The third-order valence-corrected chi connectivity index (χ3v) is 7.53. The predicted octanol–water partition coefficient (Wildman–Crippen LogP) is 0.290. The molecule has 0 aliphatic carbocycles. The van der Waals surface area contributed by atoms with Crippen molar-refractivity contribution in [2.24, 2.45) is 0 Å². The summed E-state index contributed by atoms with van der Waals surface area (Å²) in [6.45, 7) is 1.80. The fourth-order valence-electron chi connectivity index (χ4n) is 5.16. The highest BCUT2D eigenvalue weighted by molar-refractivity contribution is 7.81. The number of hydrogen-bond donors (Lipinski definition) is 0. The number of methoxy groups -OCH3 is 4. The quantitative estimate of drug-likeness (QED) is 0.280. The standard InChI is InChI=1S/C22H34N4O10S/c1-31-7-5-15-9-17-11-23(19(15)13-33-3)21(27)25(17)35-37(29,30)36-26-18-10-16(6-8-32-2)20(14-34-4)24(12-18)22(26)28/h9-10,17-20H,5-8,11-14H2,1-4H3/t17-,18-,19-,20-/m1/s1. The molecule has 0 unspecified atom stereocenters. The number of urea groups is 2. The number of hydrogen-bond acceptors (Lipinski definition) is 10. The summed E-state index contributed by atoms with van der Waals surface area (Å²) in [5, 5.41) is 1.52. The van der Waals surface area contributed by atoms with Crippen LogP contribution in [0.2, 0.25) is 0 Å². The second-order valence-electron chi connectivity index (χ2n) is 9.12. The summed E-state index contributed by atoms with van der Waals surface area (Å²) in [7, 11) is 1.37. The Morgan fingerprint density at radius 1 is 0.730 bits per heavy atom. The minimum Gasteiger partial charge on any atom is -0.384 e. The Labute approximate surface area is 216 Å². The number of rotatable bonds is 14. The molecule has 4 aliphatic rings. The van der Waals surface area contributed by atoms with Gasteiger partial charge in [-0.25, -0.2) is 9.59 Å². The molecule has 4 heterocycles. The predicted molar refractivity (Wildman–Crippen MR) is 127 cm³/mol. The summed E-state index contributed by atoms with van der Waals surface area (Å²) < 4.78 is 57.0. The lowest BCUT2D eigenvalue weighted by Crippen LogP contribution is -2.44. The summed E-state index contributed by atoms with van der Waals surface area (Å²) in [5.74, 6) is 0. The Morgan fingerprint density at radius 3 is 1.49 bits per heavy atom. The Bertz CT molecular complexity index is 960. The van der Waals surface area contributed by atoms with E-state index in [4.69, 9.17) is 27.5 Å². The van der Waals surface area contributed by atoms with Crippen molar-refractivity contribution in [3.63, 3.8) is 0 Å². The van der Waals surface area contributed by atoms with Crippen molar-refractivity contribution in [2.75, 3.05) is 68.0 Å². The summed E-state index contributed by atoms with van der Waals surface area (Å²) in [5.41, 5.74) is 1.76. The molecule has 4 atom stereocenters. The van der Waals surface area contributed by atoms with Crippen LogP contribution in [-0.2, 0) is 37.9 Å². The molecule has 15 heteroatoms. The molecule has 4 amide bonds. The third kappa shape index (κ3) is 5.62. The first-order valence-electron chi connectivity index (χ1n) is 11.9. The highest BCUT2D eigenvalue weighted by Gasteiger charge is 2.50. The zero-order valence-electron chi connectivity index (χ0n) is 21.4. The maximum absolute atomic E-state index is 13.1. The van der Waals surface area contributed by atoms with E-state index in [-0.39, 0.29) is 38.4 Å². The Morgan fingerprint density at radius 2 is 1.14 bits per heavy atom. The first-order chi connectivity index (χ1) is 17.7. The second kappa shape index (κ2) is 11.6. The molecule has 0 N–H and O–H groups in total. The van der Waals surface area contributed by atoms with Gasteiger partial charge in [0.05, 0.1) is 37.4 Å². The molecule has 14 nitrogen and oxygen atoms in total. The van der Waals surface area contributed by atoms with E-state index in [1.807, 2.05) is 0 Å². The highest BCUT2D eigenvalue weighted by Crippen LogP contribution is 2.34. The number of amides is 4. The van der Waals surface area contributed by atoms with E-state index < -0.39 is 34.5 Å². The Kier molecular flexibility index (Phi) is 8.73. The van der Waals surface area contributed by atoms with Gasteiger partial charge in [-0.05, 0) is 24.0 Å². The van der Waals surface area contributed by atoms with Gasteiger partial charge in [0, 0.05) is 54.7 Å². The number of carbonyl (C=O) groups excluding carboxylic acids is 2. The number of fused-ring (bicyclic) bond motifs is 4. The van der Waals surface area contributed by atoms with E-state index in [0.717, 1.165) is 21.3 Å². The van der Waals surface area contributed by atoms with Gasteiger partial charge in [-0.3, -0.25) is 0 Å². The van der Waals surface area contributed by atoms with Crippen LogP contribution < -0.4 is 0 Å². The van der Waals surface area contributed by atoms with Crippen molar-refractivity contribution in [1.29, 1.82) is 0 Å². The maximum Gasteiger partial charge on any atom is 0.442 e. The topological polar surface area (TPSA) is 137 Å². The monoisotopic (exact) mass is 546 g/mol. The minimum atomic E-state index is -4.83. The van der Waals surface area contributed by atoms with Crippen LogP contribution >= 0.6 is 0 Å². The van der Waals surface area contributed by atoms with E-state index >= 15 is 0 Å². The number of hydroxylamine groups is 4. The van der Waals surface area contributed by atoms with Gasteiger partial charge < -0.3 is 28.7 Å². The molecule has 0 aromatic carbocycles. The molecule has 37 heavy (non-hydrogen) atoms. The van der Waals surface area contributed by atoms with E-state index in [1.54, 1.807) is 26.4 Å². The van der Waals surface area contributed by atoms with E-state index in [0.29, 0.717) is 26.1 Å². The van der Waals surface area contributed by atoms with Crippen LogP contribution in [0.5, 0.6) is 0 Å². The SMILES string of the molecule is COCCC1=C[C@@H]2CN(C(=O)N2OS(=O)(=O)ON2C(=O)N3C[C@H]2C=C(CCOC)[C@H]3COC)[C@@H]1COC. The van der Waals surface area contributed by atoms with E-state index in [1.165, 1.54) is 24.0 Å². The zero-order valence-corrected chi connectivity index (χ0v) is 22.2. The average Bonchev–Trinajstić information content (AvgIpc) is 3.26. The van der Waals surface area contributed by atoms with Crippen molar-refractivity contribution >= 4 is 22.5 Å². The van der Waals surface area contributed by atoms with Crippen LogP contribution in [0.25, 0.3) is 0 Å². The number of carbonyl (C=O) groups is 2. The number of nitrogens with zero attached hydrogens (tertiary/aromatic N) is 4. The zero-order chi connectivity index (χ0) is 26.7. The van der Waals surface area contributed by atoms with Crippen LogP contribution in [0.3, 0.4) is 0 Å². The van der Waals surface area contributed by atoms with E-state index in [9.17, 15) is 18.0 Å². The fourth-order valence-corrected chi connectivity index (χ4v) is 5.93. The van der Waals surface area contributed by atoms with Gasteiger partial charge in [0.25, 0.3) is 0 Å². The summed E-state index contributed by atoms with van der Waals surface area (Å²) in [4.78, 5) is 29.1. The molecule has 4 bridgehead atoms. The third-order valence-electron chi connectivity index (χ3n) is 6.84. The van der Waals surface area contributed by atoms with Crippen LogP contribution in [0.15, 0.2) is 23.3 Å². The largest absolute Gasteiger partial charge is 0.442 e. The normalized spacial score (nSPS) is 27.4. The van der Waals surface area contributed by atoms with Crippen LogP contribution in [0.4, 0.5) is 9.59 Å². The molecular formula is C22H34N4O10S. The molecule has 0 saturated carbocycles. The van der Waals surface area contributed by atoms with Gasteiger partial charge in [0.1, 0.15) is 0 Å².